The van der Waals surface area contributed by atoms with Gasteiger partial charge in [-0.25, -0.2) is 4.98 Å². The molecule has 2 nitrogen and oxygen atoms in total. The fraction of sp³-hybridized carbons (Fsp3) is 0. The Morgan fingerprint density at radius 3 is 2.00 bits per heavy atom. The Bertz CT molecular complexity index is 642. The number of hydrogen-bond donors (Lipinski definition) is 1. The molecule has 1 N–H and O–H groups in total. The molecule has 3 heteroatoms. The van der Waals surface area contributed by atoms with E-state index in [1.54, 1.807) is 6.20 Å². The summed E-state index contributed by atoms with van der Waals surface area (Å²) in [7, 11) is 0. The van der Waals surface area contributed by atoms with Crippen LogP contribution in [-0.4, -0.2) is 9.97 Å². The summed E-state index contributed by atoms with van der Waals surface area (Å²) in [5.74, 6) is 0. The van der Waals surface area contributed by atoms with Crippen LogP contribution in [0.3, 0.4) is 0 Å². The first-order valence-corrected chi connectivity index (χ1v) is 6.07. The molecule has 0 atom stereocenters. The number of nitrogens with zero attached hydrogens (tertiary/aromatic N) is 1. The average molecular weight is 255 g/mol. The molecule has 18 heavy (non-hydrogen) atoms. The van der Waals surface area contributed by atoms with Crippen LogP contribution in [0.1, 0.15) is 0 Å². The Labute approximate surface area is 110 Å². The molecule has 0 saturated carbocycles. The van der Waals surface area contributed by atoms with Crippen LogP contribution in [0.25, 0.3) is 22.4 Å². The fourth-order valence-electron chi connectivity index (χ4n) is 1.92. The van der Waals surface area contributed by atoms with Crippen LogP contribution < -0.4 is 0 Å². The van der Waals surface area contributed by atoms with Gasteiger partial charge in [0.1, 0.15) is 0 Å². The largest absolute Gasteiger partial charge is 0.329 e. The summed E-state index contributed by atoms with van der Waals surface area (Å²) in [5.41, 5.74) is 4.42. The van der Waals surface area contributed by atoms with Crippen LogP contribution in [0.15, 0.2) is 60.8 Å². The van der Waals surface area contributed by atoms with Crippen LogP contribution in [0, 0.1) is 0 Å². The third-order valence-corrected chi connectivity index (χ3v) is 3.04. The van der Waals surface area contributed by atoms with Gasteiger partial charge in [0, 0.05) is 0 Å². The van der Waals surface area contributed by atoms with E-state index < -0.39 is 0 Å². The Morgan fingerprint density at radius 2 is 1.39 bits per heavy atom. The van der Waals surface area contributed by atoms with Crippen molar-refractivity contribution in [3.05, 3.63) is 66.1 Å². The van der Waals surface area contributed by atoms with E-state index in [4.69, 9.17) is 11.6 Å². The Kier molecular flexibility index (Phi) is 2.87. The lowest BCUT2D eigenvalue weighted by molar-refractivity contribution is 1.31. The molecule has 0 unspecified atom stereocenters. The number of halogens is 1. The highest BCUT2D eigenvalue weighted by atomic mass is 35.5. The van der Waals surface area contributed by atoms with Gasteiger partial charge in [-0.05, 0) is 28.3 Å². The lowest BCUT2D eigenvalue weighted by atomic mass is 10.0. The zero-order valence-corrected chi connectivity index (χ0v) is 10.4. The number of H-pyrrole nitrogens is 1. The molecule has 0 aliphatic heterocycles. The minimum absolute atomic E-state index is 0.414. The lowest BCUT2D eigenvalue weighted by Gasteiger charge is -2.02. The SMILES string of the molecule is Clc1ncc(-c2ccc(-c3ccccc3)cc2)[nH]1. The van der Waals surface area contributed by atoms with E-state index in [-0.39, 0.29) is 0 Å². The van der Waals surface area contributed by atoms with Gasteiger partial charge in [0.15, 0.2) is 5.28 Å². The van der Waals surface area contributed by atoms with Crippen LogP contribution in [-0.2, 0) is 0 Å². The highest BCUT2D eigenvalue weighted by Crippen LogP contribution is 2.24. The van der Waals surface area contributed by atoms with Crippen molar-refractivity contribution in [1.82, 2.24) is 9.97 Å². The van der Waals surface area contributed by atoms with Gasteiger partial charge < -0.3 is 4.98 Å². The first-order chi connectivity index (χ1) is 8.83. The molecular weight excluding hydrogens is 244 g/mol. The minimum atomic E-state index is 0.414. The molecule has 2 aromatic carbocycles. The second-order valence-corrected chi connectivity index (χ2v) is 4.39. The van der Waals surface area contributed by atoms with E-state index in [1.165, 1.54) is 11.1 Å². The van der Waals surface area contributed by atoms with Gasteiger partial charge in [-0.15, -0.1) is 0 Å². The molecule has 3 aromatic rings. The monoisotopic (exact) mass is 254 g/mol. The van der Waals surface area contributed by atoms with Gasteiger partial charge in [0.05, 0.1) is 11.9 Å². The molecular formula is C15H11ClN2. The molecule has 0 amide bonds. The molecule has 0 spiro atoms. The molecule has 0 fully saturated rings. The maximum atomic E-state index is 5.77. The summed E-state index contributed by atoms with van der Waals surface area (Å²) in [5, 5.41) is 0.414. The van der Waals surface area contributed by atoms with Gasteiger partial charge in [-0.1, -0.05) is 54.6 Å². The van der Waals surface area contributed by atoms with Crippen molar-refractivity contribution in [2.75, 3.05) is 0 Å². The Balaban J connectivity index is 1.94. The van der Waals surface area contributed by atoms with E-state index in [1.807, 2.05) is 18.2 Å². The molecule has 1 aromatic heterocycles. The quantitative estimate of drug-likeness (QED) is 0.722. The number of hydrogen-bond acceptors (Lipinski definition) is 1. The topological polar surface area (TPSA) is 28.7 Å². The highest BCUT2D eigenvalue weighted by molar-refractivity contribution is 6.28. The first kappa shape index (κ1) is 11.1. The maximum absolute atomic E-state index is 5.77. The van der Waals surface area contributed by atoms with Gasteiger partial charge in [-0.2, -0.15) is 0 Å². The van der Waals surface area contributed by atoms with E-state index in [9.17, 15) is 0 Å². The van der Waals surface area contributed by atoms with E-state index in [0.717, 1.165) is 11.3 Å². The molecule has 88 valence electrons. The number of aromatic nitrogens is 2. The average Bonchev–Trinajstić information content (AvgIpc) is 2.87. The van der Waals surface area contributed by atoms with Crippen LogP contribution in [0.4, 0.5) is 0 Å². The van der Waals surface area contributed by atoms with E-state index in [2.05, 4.69) is 46.4 Å². The zero-order chi connectivity index (χ0) is 12.4. The van der Waals surface area contributed by atoms with Crippen molar-refractivity contribution in [1.29, 1.82) is 0 Å². The van der Waals surface area contributed by atoms with Crippen LogP contribution in [0.5, 0.6) is 0 Å². The molecule has 3 rings (SSSR count). The summed E-state index contributed by atoms with van der Waals surface area (Å²) < 4.78 is 0. The molecule has 0 aliphatic rings. The summed E-state index contributed by atoms with van der Waals surface area (Å²) >= 11 is 5.77. The minimum Gasteiger partial charge on any atom is -0.329 e. The summed E-state index contributed by atoms with van der Waals surface area (Å²) in [6, 6.07) is 18.6. The lowest BCUT2D eigenvalue weighted by Crippen LogP contribution is -1.79. The second-order valence-electron chi connectivity index (χ2n) is 4.03. The molecule has 0 radical (unpaired) electrons. The molecule has 0 aliphatic carbocycles. The maximum Gasteiger partial charge on any atom is 0.200 e. The third-order valence-electron chi connectivity index (χ3n) is 2.85. The number of benzene rings is 2. The van der Waals surface area contributed by atoms with Crippen LogP contribution >= 0.6 is 11.6 Å². The predicted octanol–water partition coefficient (Wildman–Crippen LogP) is 4.40. The third kappa shape index (κ3) is 2.15. The summed E-state index contributed by atoms with van der Waals surface area (Å²) in [4.78, 5) is 6.99. The smallest absolute Gasteiger partial charge is 0.200 e. The number of imidazole rings is 1. The Hall–Kier alpha value is -2.06. The molecule has 0 saturated heterocycles. The van der Waals surface area contributed by atoms with Crippen molar-refractivity contribution >= 4 is 11.6 Å². The van der Waals surface area contributed by atoms with Crippen molar-refractivity contribution in [3.63, 3.8) is 0 Å². The number of nitrogens with one attached hydrogen (secondary N) is 1. The summed E-state index contributed by atoms with van der Waals surface area (Å²) in [6.45, 7) is 0. The molecule has 0 bridgehead atoms. The van der Waals surface area contributed by atoms with Crippen molar-refractivity contribution in [2.24, 2.45) is 0 Å². The van der Waals surface area contributed by atoms with Crippen molar-refractivity contribution < 1.29 is 0 Å². The second kappa shape index (κ2) is 4.67. The van der Waals surface area contributed by atoms with E-state index >= 15 is 0 Å². The molecule has 1 heterocycles. The van der Waals surface area contributed by atoms with Gasteiger partial charge >= 0.3 is 0 Å². The Morgan fingerprint density at radius 1 is 0.778 bits per heavy atom. The summed E-state index contributed by atoms with van der Waals surface area (Å²) in [6.07, 6.45) is 1.74. The van der Waals surface area contributed by atoms with Crippen molar-refractivity contribution in [3.8, 4) is 22.4 Å². The van der Waals surface area contributed by atoms with Crippen LogP contribution in [0.2, 0.25) is 5.28 Å². The number of rotatable bonds is 2. The van der Waals surface area contributed by atoms with Gasteiger partial charge in [-0.3, -0.25) is 0 Å². The van der Waals surface area contributed by atoms with Gasteiger partial charge in [0.25, 0.3) is 0 Å². The highest BCUT2D eigenvalue weighted by Gasteiger charge is 2.02. The predicted molar refractivity (Wildman–Crippen MR) is 74.5 cm³/mol. The normalized spacial score (nSPS) is 10.5. The fourth-order valence-corrected chi connectivity index (χ4v) is 2.07. The van der Waals surface area contributed by atoms with E-state index in [0.29, 0.717) is 5.28 Å². The first-order valence-electron chi connectivity index (χ1n) is 5.69. The van der Waals surface area contributed by atoms with Crippen molar-refractivity contribution in [2.45, 2.75) is 0 Å². The van der Waals surface area contributed by atoms with Gasteiger partial charge in [0.2, 0.25) is 0 Å². The standard InChI is InChI=1S/C15H11ClN2/c16-15-17-10-14(18-15)13-8-6-12(7-9-13)11-4-2-1-3-5-11/h1-10H,(H,17,18). The number of aromatic amines is 1. The zero-order valence-electron chi connectivity index (χ0n) is 9.60.